The van der Waals surface area contributed by atoms with Crippen molar-refractivity contribution in [1.82, 2.24) is 5.32 Å². The summed E-state index contributed by atoms with van der Waals surface area (Å²) in [5, 5.41) is 11.9. The Hall–Kier alpha value is -0.630. The molecule has 0 fully saturated rings. The molecular weight excluding hydrogens is 248 g/mol. The van der Waals surface area contributed by atoms with Gasteiger partial charge in [-0.25, -0.2) is 0 Å². The van der Waals surface area contributed by atoms with E-state index in [1.807, 2.05) is 12.1 Å². The summed E-state index contributed by atoms with van der Waals surface area (Å²) in [5.74, 6) is 0. The van der Waals surface area contributed by atoms with Gasteiger partial charge in [0.2, 0.25) is 0 Å². The zero-order chi connectivity index (χ0) is 9.68. The Morgan fingerprint density at radius 3 is 3.00 bits per heavy atom. The van der Waals surface area contributed by atoms with E-state index in [2.05, 4.69) is 33.9 Å². The molecule has 1 rings (SSSR count). The highest BCUT2D eigenvalue weighted by molar-refractivity contribution is 9.11. The number of halogens is 1. The summed E-state index contributed by atoms with van der Waals surface area (Å²) in [6.07, 6.45) is 1.74. The second kappa shape index (κ2) is 5.18. The number of rotatable bonds is 4. The van der Waals surface area contributed by atoms with Gasteiger partial charge >= 0.3 is 0 Å². The number of hydrogen-bond donors (Lipinski definition) is 1. The van der Waals surface area contributed by atoms with E-state index in [9.17, 15) is 0 Å². The summed E-state index contributed by atoms with van der Waals surface area (Å²) in [4.78, 5) is 1.02. The predicted octanol–water partition coefficient (Wildman–Crippen LogP) is 2.85. The van der Waals surface area contributed by atoms with Crippen molar-refractivity contribution in [1.29, 1.82) is 5.26 Å². The third-order valence-corrected chi connectivity index (χ3v) is 3.16. The number of nitrogens with zero attached hydrogens (tertiary/aromatic N) is 1. The summed E-state index contributed by atoms with van der Waals surface area (Å²) in [5.41, 5.74) is 0. The fourth-order valence-electron chi connectivity index (χ4n) is 0.894. The molecule has 1 heterocycles. The summed E-state index contributed by atoms with van der Waals surface area (Å²) < 4.78 is 1.04. The van der Waals surface area contributed by atoms with Crippen molar-refractivity contribution in [2.75, 3.05) is 6.54 Å². The van der Waals surface area contributed by atoms with Crippen molar-refractivity contribution in [3.63, 3.8) is 0 Å². The van der Waals surface area contributed by atoms with Gasteiger partial charge in [-0.15, -0.1) is 17.9 Å². The monoisotopic (exact) mass is 256 g/mol. The van der Waals surface area contributed by atoms with Crippen LogP contribution in [-0.4, -0.2) is 6.54 Å². The van der Waals surface area contributed by atoms with Crippen LogP contribution >= 0.6 is 27.3 Å². The Kier molecular flexibility index (Phi) is 4.16. The van der Waals surface area contributed by atoms with Crippen LogP contribution in [0.25, 0.3) is 0 Å². The molecule has 0 aliphatic rings. The van der Waals surface area contributed by atoms with Gasteiger partial charge in [0.05, 0.1) is 9.86 Å². The zero-order valence-electron chi connectivity index (χ0n) is 6.96. The predicted molar refractivity (Wildman–Crippen MR) is 58.6 cm³/mol. The largest absolute Gasteiger partial charge is 0.294 e. The number of nitrogens with one attached hydrogen (secondary N) is 1. The first-order valence-corrected chi connectivity index (χ1v) is 5.38. The van der Waals surface area contributed by atoms with E-state index in [-0.39, 0.29) is 6.04 Å². The van der Waals surface area contributed by atoms with Gasteiger partial charge in [-0.1, -0.05) is 6.08 Å². The maximum Gasteiger partial charge on any atom is 0.130 e. The molecule has 1 aromatic heterocycles. The van der Waals surface area contributed by atoms with Crippen LogP contribution in [-0.2, 0) is 0 Å². The highest BCUT2D eigenvalue weighted by atomic mass is 79.9. The highest BCUT2D eigenvalue weighted by Gasteiger charge is 2.10. The van der Waals surface area contributed by atoms with Crippen LogP contribution in [0.2, 0.25) is 0 Å². The third kappa shape index (κ3) is 2.96. The van der Waals surface area contributed by atoms with Gasteiger partial charge in [-0.2, -0.15) is 5.26 Å². The van der Waals surface area contributed by atoms with Crippen LogP contribution in [0.15, 0.2) is 28.6 Å². The smallest absolute Gasteiger partial charge is 0.130 e. The highest BCUT2D eigenvalue weighted by Crippen LogP contribution is 2.26. The van der Waals surface area contributed by atoms with Gasteiger partial charge in [0, 0.05) is 11.4 Å². The molecule has 0 aliphatic carbocycles. The molecule has 0 spiro atoms. The zero-order valence-corrected chi connectivity index (χ0v) is 9.36. The third-order valence-electron chi connectivity index (χ3n) is 1.47. The van der Waals surface area contributed by atoms with Crippen LogP contribution in [0.1, 0.15) is 10.9 Å². The first-order chi connectivity index (χ1) is 6.27. The van der Waals surface area contributed by atoms with E-state index in [1.54, 1.807) is 17.4 Å². The van der Waals surface area contributed by atoms with Crippen LogP contribution in [0, 0.1) is 11.3 Å². The number of nitriles is 1. The van der Waals surface area contributed by atoms with E-state index in [0.29, 0.717) is 6.54 Å². The van der Waals surface area contributed by atoms with E-state index >= 15 is 0 Å². The lowest BCUT2D eigenvalue weighted by Crippen LogP contribution is -2.18. The van der Waals surface area contributed by atoms with Crippen LogP contribution < -0.4 is 5.32 Å². The molecule has 0 bridgehead atoms. The Labute approximate surface area is 90.0 Å². The lowest BCUT2D eigenvalue weighted by atomic mass is 10.2. The molecule has 0 aliphatic heterocycles. The van der Waals surface area contributed by atoms with E-state index in [0.717, 1.165) is 8.66 Å². The molecule has 0 saturated carbocycles. The molecule has 1 atom stereocenters. The van der Waals surface area contributed by atoms with Gasteiger partial charge in [0.15, 0.2) is 0 Å². The van der Waals surface area contributed by atoms with Gasteiger partial charge in [-0.3, -0.25) is 5.32 Å². The Balaban J connectivity index is 2.68. The van der Waals surface area contributed by atoms with E-state index in [1.165, 1.54) is 0 Å². The van der Waals surface area contributed by atoms with Crippen molar-refractivity contribution in [3.05, 3.63) is 33.5 Å². The standard InChI is InChI=1S/C9H9BrN2S/c1-2-5-12-7(6-11)8-3-4-9(10)13-8/h2-4,7,12H,1,5H2. The summed E-state index contributed by atoms with van der Waals surface area (Å²) in [6, 6.07) is 5.86. The molecular formula is C9H9BrN2S. The van der Waals surface area contributed by atoms with Gasteiger partial charge in [0.1, 0.15) is 6.04 Å². The fraction of sp³-hybridized carbons (Fsp3) is 0.222. The number of hydrogen-bond acceptors (Lipinski definition) is 3. The molecule has 68 valence electrons. The SMILES string of the molecule is C=CCNC(C#N)c1ccc(Br)s1. The van der Waals surface area contributed by atoms with E-state index in [4.69, 9.17) is 5.26 Å². The summed E-state index contributed by atoms with van der Waals surface area (Å²) in [7, 11) is 0. The second-order valence-electron chi connectivity index (χ2n) is 2.40. The molecule has 4 heteroatoms. The molecule has 0 aromatic carbocycles. The Morgan fingerprint density at radius 2 is 2.54 bits per heavy atom. The quantitative estimate of drug-likeness (QED) is 0.842. The first-order valence-electron chi connectivity index (χ1n) is 3.77. The average molecular weight is 257 g/mol. The van der Waals surface area contributed by atoms with Crippen molar-refractivity contribution in [2.24, 2.45) is 0 Å². The molecule has 13 heavy (non-hydrogen) atoms. The topological polar surface area (TPSA) is 35.8 Å². The Bertz CT molecular complexity index is 327. The van der Waals surface area contributed by atoms with Crippen LogP contribution in [0.3, 0.4) is 0 Å². The lowest BCUT2D eigenvalue weighted by molar-refractivity contribution is 0.694. The molecule has 2 nitrogen and oxygen atoms in total. The molecule has 1 N–H and O–H groups in total. The first kappa shape index (κ1) is 10.5. The molecule has 0 radical (unpaired) electrons. The molecule has 1 aromatic rings. The van der Waals surface area contributed by atoms with E-state index < -0.39 is 0 Å². The lowest BCUT2D eigenvalue weighted by Gasteiger charge is -2.06. The van der Waals surface area contributed by atoms with Gasteiger partial charge in [0.25, 0.3) is 0 Å². The Morgan fingerprint density at radius 1 is 1.77 bits per heavy atom. The maximum atomic E-state index is 8.86. The van der Waals surface area contributed by atoms with Crippen LogP contribution in [0.4, 0.5) is 0 Å². The maximum absolute atomic E-state index is 8.86. The van der Waals surface area contributed by atoms with Crippen molar-refractivity contribution in [3.8, 4) is 6.07 Å². The molecule has 0 saturated heterocycles. The summed E-state index contributed by atoms with van der Waals surface area (Å²) >= 11 is 4.93. The van der Waals surface area contributed by atoms with Crippen molar-refractivity contribution >= 4 is 27.3 Å². The normalized spacial score (nSPS) is 12.0. The van der Waals surface area contributed by atoms with Gasteiger partial charge < -0.3 is 0 Å². The second-order valence-corrected chi connectivity index (χ2v) is 4.90. The molecule has 1 unspecified atom stereocenters. The fourth-order valence-corrected chi connectivity index (χ4v) is 2.34. The minimum atomic E-state index is -0.228. The summed E-state index contributed by atoms with van der Waals surface area (Å²) in [6.45, 7) is 4.23. The van der Waals surface area contributed by atoms with Crippen LogP contribution in [0.5, 0.6) is 0 Å². The molecule has 0 amide bonds. The van der Waals surface area contributed by atoms with Crippen molar-refractivity contribution in [2.45, 2.75) is 6.04 Å². The minimum absolute atomic E-state index is 0.228. The number of thiophene rings is 1. The van der Waals surface area contributed by atoms with Crippen molar-refractivity contribution < 1.29 is 0 Å². The average Bonchev–Trinajstić information content (AvgIpc) is 2.54. The minimum Gasteiger partial charge on any atom is -0.294 e. The van der Waals surface area contributed by atoms with Gasteiger partial charge in [-0.05, 0) is 28.1 Å².